The van der Waals surface area contributed by atoms with Crippen LogP contribution in [0.5, 0.6) is 0 Å². The molecule has 3 nitrogen and oxygen atoms in total. The van der Waals surface area contributed by atoms with E-state index in [-0.39, 0.29) is 5.91 Å². The molecule has 0 atom stereocenters. The maximum absolute atomic E-state index is 12.5. The molecular weight excluding hydrogens is 320 g/mol. The molecule has 0 unspecified atom stereocenters. The molecule has 2 aliphatic rings. The molecule has 3 heteroatoms. The Hall–Kier alpha value is -2.60. The van der Waals surface area contributed by atoms with Crippen LogP contribution >= 0.6 is 0 Å². The van der Waals surface area contributed by atoms with Crippen molar-refractivity contribution in [3.8, 4) is 11.8 Å². The number of nitrogens with one attached hydrogen (secondary N) is 1. The predicted octanol–water partition coefficient (Wildman–Crippen LogP) is 4.18. The Morgan fingerprint density at radius 3 is 2.27 bits per heavy atom. The van der Waals surface area contributed by atoms with Crippen molar-refractivity contribution in [3.05, 3.63) is 65.5 Å². The van der Waals surface area contributed by atoms with Crippen LogP contribution in [0.25, 0.3) is 0 Å². The van der Waals surface area contributed by atoms with E-state index in [4.69, 9.17) is 0 Å². The number of rotatable bonds is 5. The Labute approximate surface area is 155 Å². The highest BCUT2D eigenvalue weighted by Crippen LogP contribution is 2.50. The molecule has 0 bridgehead atoms. The molecule has 1 aromatic carbocycles. The minimum absolute atomic E-state index is 0.0284. The second kappa shape index (κ2) is 7.33. The third-order valence-electron chi connectivity index (χ3n) is 5.64. The van der Waals surface area contributed by atoms with Gasteiger partial charge in [0.05, 0.1) is 0 Å². The summed E-state index contributed by atoms with van der Waals surface area (Å²) >= 11 is 0. The van der Waals surface area contributed by atoms with E-state index < -0.39 is 0 Å². The van der Waals surface area contributed by atoms with Crippen LogP contribution in [0.1, 0.15) is 60.0 Å². The summed E-state index contributed by atoms with van der Waals surface area (Å²) in [6, 6.07) is 11.3. The number of pyridine rings is 1. The summed E-state index contributed by atoms with van der Waals surface area (Å²) in [7, 11) is 0. The van der Waals surface area contributed by atoms with E-state index in [1.807, 2.05) is 36.4 Å². The first-order chi connectivity index (χ1) is 12.7. The monoisotopic (exact) mass is 344 g/mol. The topological polar surface area (TPSA) is 42.0 Å². The first kappa shape index (κ1) is 16.8. The molecule has 1 aromatic heterocycles. The lowest BCUT2D eigenvalue weighted by Gasteiger charge is -2.42. The lowest BCUT2D eigenvalue weighted by atomic mass is 9.65. The molecular formula is C23H24N2O. The van der Waals surface area contributed by atoms with Gasteiger partial charge < -0.3 is 5.32 Å². The Bertz CT molecular complexity index is 822. The Morgan fingerprint density at radius 2 is 1.69 bits per heavy atom. The number of hydrogen-bond donors (Lipinski definition) is 1. The molecule has 1 amide bonds. The third-order valence-corrected chi connectivity index (χ3v) is 5.64. The second-order valence-electron chi connectivity index (χ2n) is 7.75. The standard InChI is InChI=1S/C23H24N2O/c26-22(25-17-23(12-1-13-23)16-20-4-5-20)21-8-6-18(7-9-21)2-3-19-10-14-24-15-11-19/h6-11,14-15,20H,1,4-5,12-13,16-17H2,(H,25,26). The lowest BCUT2D eigenvalue weighted by molar-refractivity contribution is 0.0814. The normalized spacial score (nSPS) is 17.5. The molecule has 0 radical (unpaired) electrons. The number of benzene rings is 1. The second-order valence-corrected chi connectivity index (χ2v) is 7.75. The van der Waals surface area contributed by atoms with Gasteiger partial charge in [0.1, 0.15) is 0 Å². The van der Waals surface area contributed by atoms with Gasteiger partial charge in [0.2, 0.25) is 0 Å². The zero-order chi connectivity index (χ0) is 17.8. The first-order valence-electron chi connectivity index (χ1n) is 9.53. The van der Waals surface area contributed by atoms with Crippen LogP contribution in [0.3, 0.4) is 0 Å². The number of aromatic nitrogens is 1. The number of hydrogen-bond acceptors (Lipinski definition) is 2. The molecule has 4 rings (SSSR count). The average Bonchev–Trinajstić information content (AvgIpc) is 3.47. The number of amides is 1. The summed E-state index contributed by atoms with van der Waals surface area (Å²) in [5.74, 6) is 7.17. The molecule has 2 aromatic rings. The summed E-state index contributed by atoms with van der Waals surface area (Å²) < 4.78 is 0. The Morgan fingerprint density at radius 1 is 1.04 bits per heavy atom. The summed E-state index contributed by atoms with van der Waals surface area (Å²) in [4.78, 5) is 16.5. The van der Waals surface area contributed by atoms with Crippen molar-refractivity contribution in [2.24, 2.45) is 11.3 Å². The molecule has 132 valence electrons. The molecule has 2 aliphatic carbocycles. The highest BCUT2D eigenvalue weighted by Gasteiger charge is 2.41. The van der Waals surface area contributed by atoms with Crippen LogP contribution in [0.15, 0.2) is 48.8 Å². The van der Waals surface area contributed by atoms with E-state index in [2.05, 4.69) is 22.1 Å². The highest BCUT2D eigenvalue weighted by atomic mass is 16.1. The van der Waals surface area contributed by atoms with Crippen LogP contribution in [0.4, 0.5) is 0 Å². The zero-order valence-corrected chi connectivity index (χ0v) is 15.0. The molecule has 26 heavy (non-hydrogen) atoms. The van der Waals surface area contributed by atoms with E-state index in [0.717, 1.165) is 23.6 Å². The van der Waals surface area contributed by atoms with Crippen molar-refractivity contribution >= 4 is 5.91 Å². The van der Waals surface area contributed by atoms with E-state index in [1.54, 1.807) is 12.4 Å². The fraction of sp³-hybridized carbons (Fsp3) is 0.391. The predicted molar refractivity (Wildman–Crippen MR) is 103 cm³/mol. The Balaban J connectivity index is 1.34. The van der Waals surface area contributed by atoms with Gasteiger partial charge >= 0.3 is 0 Å². The van der Waals surface area contributed by atoms with Crippen LogP contribution in [-0.4, -0.2) is 17.4 Å². The van der Waals surface area contributed by atoms with Crippen molar-refractivity contribution in [2.75, 3.05) is 6.54 Å². The van der Waals surface area contributed by atoms with E-state index in [9.17, 15) is 4.79 Å². The number of carbonyl (C=O) groups excluding carboxylic acids is 1. The van der Waals surface area contributed by atoms with Gasteiger partial charge in [0.15, 0.2) is 0 Å². The molecule has 2 saturated carbocycles. The van der Waals surface area contributed by atoms with Gasteiger partial charge in [0, 0.05) is 35.6 Å². The lowest BCUT2D eigenvalue weighted by Crippen LogP contribution is -2.42. The molecule has 0 saturated heterocycles. The maximum atomic E-state index is 12.5. The van der Waals surface area contributed by atoms with Crippen molar-refractivity contribution < 1.29 is 4.79 Å². The van der Waals surface area contributed by atoms with Crippen molar-refractivity contribution in [1.82, 2.24) is 10.3 Å². The summed E-state index contributed by atoms with van der Waals surface area (Å²) in [6.07, 6.45) is 11.4. The first-order valence-corrected chi connectivity index (χ1v) is 9.53. The number of nitrogens with zero attached hydrogens (tertiary/aromatic N) is 1. The highest BCUT2D eigenvalue weighted by molar-refractivity contribution is 5.94. The maximum Gasteiger partial charge on any atom is 0.251 e. The molecule has 1 heterocycles. The molecule has 0 spiro atoms. The van der Waals surface area contributed by atoms with Crippen molar-refractivity contribution in [2.45, 2.75) is 38.5 Å². The molecule has 2 fully saturated rings. The van der Waals surface area contributed by atoms with Crippen molar-refractivity contribution in [1.29, 1.82) is 0 Å². The average molecular weight is 344 g/mol. The number of carbonyl (C=O) groups is 1. The molecule has 0 aliphatic heterocycles. The smallest absolute Gasteiger partial charge is 0.251 e. The van der Waals surface area contributed by atoms with Crippen LogP contribution in [-0.2, 0) is 0 Å². The van der Waals surface area contributed by atoms with Gasteiger partial charge in [0.25, 0.3) is 5.91 Å². The summed E-state index contributed by atoms with van der Waals surface area (Å²) in [5, 5.41) is 3.17. The van der Waals surface area contributed by atoms with Gasteiger partial charge in [-0.2, -0.15) is 0 Å². The summed E-state index contributed by atoms with van der Waals surface area (Å²) in [6.45, 7) is 0.825. The Kier molecular flexibility index (Phi) is 4.75. The van der Waals surface area contributed by atoms with Gasteiger partial charge in [-0.25, -0.2) is 0 Å². The summed E-state index contributed by atoms with van der Waals surface area (Å²) in [5.41, 5.74) is 2.93. The van der Waals surface area contributed by atoms with E-state index in [0.29, 0.717) is 11.0 Å². The fourth-order valence-electron chi connectivity index (χ4n) is 3.72. The van der Waals surface area contributed by atoms with Gasteiger partial charge in [-0.15, -0.1) is 0 Å². The van der Waals surface area contributed by atoms with Crippen LogP contribution < -0.4 is 5.32 Å². The quantitative estimate of drug-likeness (QED) is 0.827. The van der Waals surface area contributed by atoms with Gasteiger partial charge in [-0.05, 0) is 67.0 Å². The van der Waals surface area contributed by atoms with Crippen molar-refractivity contribution in [3.63, 3.8) is 0 Å². The minimum Gasteiger partial charge on any atom is -0.351 e. The van der Waals surface area contributed by atoms with Crippen LogP contribution in [0, 0.1) is 23.2 Å². The third kappa shape index (κ3) is 4.14. The SMILES string of the molecule is O=C(NCC1(CC2CC2)CCC1)c1ccc(C#Cc2ccncc2)cc1. The largest absolute Gasteiger partial charge is 0.351 e. The van der Waals surface area contributed by atoms with Gasteiger partial charge in [-0.1, -0.05) is 31.1 Å². The van der Waals surface area contributed by atoms with E-state index >= 15 is 0 Å². The molecule has 1 N–H and O–H groups in total. The van der Waals surface area contributed by atoms with Crippen LogP contribution in [0.2, 0.25) is 0 Å². The van der Waals surface area contributed by atoms with Gasteiger partial charge in [-0.3, -0.25) is 9.78 Å². The fourth-order valence-corrected chi connectivity index (χ4v) is 3.72. The van der Waals surface area contributed by atoms with E-state index in [1.165, 1.54) is 38.5 Å². The minimum atomic E-state index is 0.0284. The zero-order valence-electron chi connectivity index (χ0n) is 15.0.